The van der Waals surface area contributed by atoms with Crippen LogP contribution >= 0.6 is 15.9 Å². The maximum Gasteiger partial charge on any atom is 0.422 e. The lowest BCUT2D eigenvalue weighted by atomic mass is 9.36. The van der Waals surface area contributed by atoms with E-state index in [0.717, 1.165) is 51.3 Å². The average molecular weight is 725 g/mol. The highest BCUT2D eigenvalue weighted by Crippen LogP contribution is 2.33. The van der Waals surface area contributed by atoms with Crippen LogP contribution < -0.4 is 16.4 Å². The van der Waals surface area contributed by atoms with Crippen LogP contribution in [0.5, 0.6) is 0 Å². The van der Waals surface area contributed by atoms with Crippen LogP contribution in [0, 0.1) is 67.3 Å². The zero-order chi connectivity index (χ0) is 34.5. The summed E-state index contributed by atoms with van der Waals surface area (Å²) in [5, 5.41) is 0. The summed E-state index contributed by atoms with van der Waals surface area (Å²) in [5.41, 5.74) is -5.32. The lowest BCUT2D eigenvalue weighted by Crippen LogP contribution is -2.56. The molecule has 1 saturated heterocycles. The second kappa shape index (κ2) is 15.5. The number of hydrogen-bond acceptors (Lipinski definition) is 1. The van der Waals surface area contributed by atoms with Gasteiger partial charge in [0.15, 0.2) is 0 Å². The van der Waals surface area contributed by atoms with E-state index in [1.165, 1.54) is 31.9 Å². The summed E-state index contributed by atoms with van der Waals surface area (Å²) in [5.74, 6) is -9.55. The average Bonchev–Trinajstić information content (AvgIpc) is 3.59. The standard InChI is InChI=1S/C21H12BF9.C7H5BrF2.C4H8O/c1-9-14(23)6-3-11(18(9)26)22(12-4-7-15(24)10(2)19(12)27)13-5-8-16(25)17(20(13)28)21(29,30)31;1-4-6(9)3-2-5(8)7(4)10;1-2-4-5-3-1/h3-8H,1-2H3;2-3H,1H3;1-4H2. The summed E-state index contributed by atoms with van der Waals surface area (Å²) in [6.45, 7) is 3.56. The van der Waals surface area contributed by atoms with Gasteiger partial charge >= 0.3 is 6.18 Å². The van der Waals surface area contributed by atoms with Gasteiger partial charge in [-0.1, -0.05) is 18.2 Å². The number of rotatable bonds is 3. The minimum Gasteiger partial charge on any atom is -0.381 e. The number of halogens is 12. The van der Waals surface area contributed by atoms with Crippen LogP contribution in [0.4, 0.5) is 48.3 Å². The summed E-state index contributed by atoms with van der Waals surface area (Å²) >= 11 is 2.94. The molecule has 4 aromatic rings. The predicted octanol–water partition coefficient (Wildman–Crippen LogP) is 8.51. The molecule has 1 heterocycles. The van der Waals surface area contributed by atoms with Gasteiger partial charge in [0.05, 0.1) is 4.47 Å². The maximum atomic E-state index is 14.9. The second-order valence-corrected chi connectivity index (χ2v) is 11.0. The number of ether oxygens (including phenoxy) is 1. The molecule has 0 radical (unpaired) electrons. The van der Waals surface area contributed by atoms with Crippen molar-refractivity contribution in [2.45, 2.75) is 39.8 Å². The Labute approximate surface area is 266 Å². The lowest BCUT2D eigenvalue weighted by Gasteiger charge is -2.21. The maximum absolute atomic E-state index is 14.9. The van der Waals surface area contributed by atoms with E-state index in [0.29, 0.717) is 16.6 Å². The van der Waals surface area contributed by atoms with E-state index in [-0.39, 0.29) is 5.56 Å². The fourth-order valence-corrected chi connectivity index (χ4v) is 4.93. The minimum absolute atomic E-state index is 0.0503. The van der Waals surface area contributed by atoms with Crippen molar-refractivity contribution >= 4 is 39.0 Å². The first-order chi connectivity index (χ1) is 21.5. The van der Waals surface area contributed by atoms with E-state index >= 15 is 0 Å². The molecule has 246 valence electrons. The van der Waals surface area contributed by atoms with Gasteiger partial charge in [-0.05, 0) is 96.3 Å². The van der Waals surface area contributed by atoms with Crippen molar-refractivity contribution in [3.05, 3.63) is 122 Å². The van der Waals surface area contributed by atoms with E-state index in [9.17, 15) is 48.3 Å². The molecule has 0 N–H and O–H groups in total. The quantitative estimate of drug-likeness (QED) is 0.117. The van der Waals surface area contributed by atoms with E-state index in [1.807, 2.05) is 0 Å². The highest BCUT2D eigenvalue weighted by Gasteiger charge is 2.41. The zero-order valence-electron chi connectivity index (χ0n) is 24.5. The van der Waals surface area contributed by atoms with E-state index in [2.05, 4.69) is 15.9 Å². The van der Waals surface area contributed by atoms with Gasteiger partial charge in [0.2, 0.25) is 0 Å². The van der Waals surface area contributed by atoms with E-state index < -0.39 is 92.5 Å². The van der Waals surface area contributed by atoms with Crippen LogP contribution in [0.1, 0.15) is 35.1 Å². The summed E-state index contributed by atoms with van der Waals surface area (Å²) in [6, 6.07) is 6.69. The molecule has 1 nitrogen and oxygen atoms in total. The van der Waals surface area contributed by atoms with Crippen LogP contribution in [-0.4, -0.2) is 19.9 Å². The van der Waals surface area contributed by atoms with Gasteiger partial charge in [-0.2, -0.15) is 13.2 Å². The molecule has 46 heavy (non-hydrogen) atoms. The van der Waals surface area contributed by atoms with Crippen LogP contribution in [-0.2, 0) is 10.9 Å². The monoisotopic (exact) mass is 724 g/mol. The molecule has 1 fully saturated rings. The number of benzene rings is 4. The second-order valence-electron chi connectivity index (χ2n) is 10.2. The van der Waals surface area contributed by atoms with Gasteiger partial charge in [-0.25, -0.2) is 35.1 Å². The Hall–Kier alpha value is -3.39. The van der Waals surface area contributed by atoms with Crippen molar-refractivity contribution in [2.24, 2.45) is 0 Å². The Morgan fingerprint density at radius 2 is 0.913 bits per heavy atom. The van der Waals surface area contributed by atoms with Crippen molar-refractivity contribution in [3.8, 4) is 0 Å². The van der Waals surface area contributed by atoms with Crippen LogP contribution in [0.3, 0.4) is 0 Å². The Balaban J connectivity index is 0.000000312. The Morgan fingerprint density at radius 1 is 0.543 bits per heavy atom. The van der Waals surface area contributed by atoms with Crippen LogP contribution in [0.25, 0.3) is 0 Å². The molecule has 0 amide bonds. The molecule has 5 rings (SSSR count). The molecule has 4 aromatic carbocycles. The Morgan fingerprint density at radius 3 is 1.28 bits per heavy atom. The predicted molar refractivity (Wildman–Crippen MR) is 157 cm³/mol. The van der Waals surface area contributed by atoms with Crippen molar-refractivity contribution in [1.29, 1.82) is 0 Å². The van der Waals surface area contributed by atoms with E-state index in [4.69, 9.17) is 4.74 Å². The first-order valence-electron chi connectivity index (χ1n) is 13.6. The molecule has 0 unspecified atom stereocenters. The molecule has 0 aromatic heterocycles. The van der Waals surface area contributed by atoms with Crippen molar-refractivity contribution in [3.63, 3.8) is 0 Å². The molecule has 1 aliphatic heterocycles. The zero-order valence-corrected chi connectivity index (χ0v) is 26.1. The van der Waals surface area contributed by atoms with E-state index in [1.54, 1.807) is 0 Å². The molecule has 14 heteroatoms. The molecule has 0 atom stereocenters. The first-order valence-corrected chi connectivity index (χ1v) is 14.4. The molecule has 0 aliphatic carbocycles. The summed E-state index contributed by atoms with van der Waals surface area (Å²) < 4.78 is 156. The van der Waals surface area contributed by atoms with Crippen molar-refractivity contribution < 1.29 is 53.0 Å². The summed E-state index contributed by atoms with van der Waals surface area (Å²) in [6.07, 6.45) is -2.89. The molecule has 0 saturated carbocycles. The Kier molecular flexibility index (Phi) is 12.5. The summed E-state index contributed by atoms with van der Waals surface area (Å²) in [7, 11) is 0. The smallest absolute Gasteiger partial charge is 0.381 e. The highest BCUT2D eigenvalue weighted by atomic mass is 79.9. The largest absolute Gasteiger partial charge is 0.422 e. The molecular weight excluding hydrogens is 700 g/mol. The first kappa shape index (κ1) is 37.1. The number of alkyl halides is 3. The molecule has 0 bridgehead atoms. The third-order valence-electron chi connectivity index (χ3n) is 7.14. The van der Waals surface area contributed by atoms with Gasteiger partial charge in [0, 0.05) is 29.9 Å². The molecule has 0 spiro atoms. The third kappa shape index (κ3) is 8.30. The van der Waals surface area contributed by atoms with Crippen molar-refractivity contribution in [2.75, 3.05) is 13.2 Å². The van der Waals surface area contributed by atoms with Gasteiger partial charge < -0.3 is 4.74 Å². The minimum atomic E-state index is -5.44. The fraction of sp³-hybridized carbons (Fsp3) is 0.250. The SMILES string of the molecule is C1CCOC1.Cc1c(F)ccc(B(c2ccc(F)c(C)c2F)c2ccc(F)c(C(F)(F)F)c2F)c1F.Cc1c(F)ccc(Br)c1F. The van der Waals surface area contributed by atoms with Crippen molar-refractivity contribution in [1.82, 2.24) is 0 Å². The third-order valence-corrected chi connectivity index (χ3v) is 7.75. The fourth-order valence-electron chi connectivity index (χ4n) is 4.50. The lowest BCUT2D eigenvalue weighted by molar-refractivity contribution is -0.142. The Bertz CT molecular complexity index is 1610. The van der Waals surface area contributed by atoms with Gasteiger partial charge in [-0.3, -0.25) is 0 Å². The van der Waals surface area contributed by atoms with Gasteiger partial charge in [-0.15, -0.1) is 0 Å². The number of hydrogen-bond donors (Lipinski definition) is 0. The molecular formula is C32H25BBrF11O. The normalized spacial score (nSPS) is 12.7. The van der Waals surface area contributed by atoms with Crippen LogP contribution in [0.15, 0.2) is 53.0 Å². The van der Waals surface area contributed by atoms with Gasteiger partial charge in [0.1, 0.15) is 52.1 Å². The van der Waals surface area contributed by atoms with Gasteiger partial charge in [0.25, 0.3) is 6.71 Å². The summed E-state index contributed by atoms with van der Waals surface area (Å²) in [4.78, 5) is 0. The highest BCUT2D eigenvalue weighted by molar-refractivity contribution is 9.10. The topological polar surface area (TPSA) is 9.23 Å². The molecule has 1 aliphatic rings. The van der Waals surface area contributed by atoms with Crippen LogP contribution in [0.2, 0.25) is 0 Å².